The van der Waals surface area contributed by atoms with Gasteiger partial charge in [-0.05, 0) is 47.6 Å². The highest BCUT2D eigenvalue weighted by Gasteiger charge is 2.56. The molecule has 2 fully saturated rings. The van der Waals surface area contributed by atoms with E-state index in [0.717, 1.165) is 31.0 Å². The van der Waals surface area contributed by atoms with Gasteiger partial charge in [-0.2, -0.15) is 10.2 Å². The van der Waals surface area contributed by atoms with Crippen LogP contribution in [0.25, 0.3) is 11.1 Å². The molecule has 1 aliphatic heterocycles. The standard InChI is InChI=1S/C22H21F2N5O/c1-2-13-7-25-22(26-8-13)29-10-16-17(11-29)18(16)12-30-21-19(23)5-15(6-20(21)24)14-3-4-27-28-9-14/h3-9,16-18H,2,10-12H2,1H3/t16-,17+,18?. The van der Waals surface area contributed by atoms with E-state index in [1.807, 2.05) is 12.4 Å². The lowest BCUT2D eigenvalue weighted by Gasteiger charge is -2.20. The average Bonchev–Trinajstić information content (AvgIpc) is 3.22. The topological polar surface area (TPSA) is 64.0 Å². The predicted octanol–water partition coefficient (Wildman–Crippen LogP) is 3.54. The van der Waals surface area contributed by atoms with Crippen LogP contribution in [0.2, 0.25) is 0 Å². The Morgan fingerprint density at radius 1 is 1.00 bits per heavy atom. The second kappa shape index (κ2) is 7.59. The Morgan fingerprint density at radius 3 is 2.30 bits per heavy atom. The monoisotopic (exact) mass is 409 g/mol. The van der Waals surface area contributed by atoms with Crippen molar-refractivity contribution in [2.24, 2.45) is 17.8 Å². The number of anilines is 1. The van der Waals surface area contributed by atoms with Crippen molar-refractivity contribution in [3.63, 3.8) is 0 Å². The van der Waals surface area contributed by atoms with Crippen molar-refractivity contribution in [1.82, 2.24) is 20.2 Å². The second-order valence-corrected chi connectivity index (χ2v) is 7.85. The molecule has 0 radical (unpaired) electrons. The van der Waals surface area contributed by atoms with Gasteiger partial charge in [0.05, 0.1) is 19.0 Å². The average molecular weight is 409 g/mol. The molecule has 1 saturated heterocycles. The Morgan fingerprint density at radius 2 is 1.70 bits per heavy atom. The van der Waals surface area contributed by atoms with E-state index in [0.29, 0.717) is 35.5 Å². The molecule has 0 amide bonds. The molecule has 5 rings (SSSR count). The molecule has 0 spiro atoms. The summed E-state index contributed by atoms with van der Waals surface area (Å²) >= 11 is 0. The molecule has 0 bridgehead atoms. The number of fused-ring (bicyclic) bond motifs is 1. The molecule has 6 nitrogen and oxygen atoms in total. The quantitative estimate of drug-likeness (QED) is 0.621. The number of rotatable bonds is 6. The SMILES string of the molecule is CCc1cnc(N2C[C@@H]3C(COc4c(F)cc(-c5ccnnc5)cc4F)[C@@H]3C2)nc1. The van der Waals surface area contributed by atoms with Gasteiger partial charge < -0.3 is 9.64 Å². The maximum atomic E-state index is 14.5. The van der Waals surface area contributed by atoms with Crippen LogP contribution in [0.3, 0.4) is 0 Å². The summed E-state index contributed by atoms with van der Waals surface area (Å²) in [6.45, 7) is 4.08. The summed E-state index contributed by atoms with van der Waals surface area (Å²) in [5.74, 6) is 0.218. The predicted molar refractivity (Wildman–Crippen MR) is 107 cm³/mol. The van der Waals surface area contributed by atoms with Gasteiger partial charge in [-0.1, -0.05) is 6.92 Å². The maximum absolute atomic E-state index is 14.5. The maximum Gasteiger partial charge on any atom is 0.225 e. The zero-order chi connectivity index (χ0) is 20.7. The molecule has 3 heterocycles. The number of aromatic nitrogens is 4. The van der Waals surface area contributed by atoms with Crippen molar-refractivity contribution < 1.29 is 13.5 Å². The smallest absolute Gasteiger partial charge is 0.225 e. The van der Waals surface area contributed by atoms with Gasteiger partial charge in [0.15, 0.2) is 17.4 Å². The summed E-state index contributed by atoms with van der Waals surface area (Å²) < 4.78 is 34.5. The van der Waals surface area contributed by atoms with Gasteiger partial charge >= 0.3 is 0 Å². The number of hydrogen-bond donors (Lipinski definition) is 0. The van der Waals surface area contributed by atoms with Crippen LogP contribution in [0, 0.1) is 29.4 Å². The van der Waals surface area contributed by atoms with Gasteiger partial charge in [0.2, 0.25) is 5.95 Å². The van der Waals surface area contributed by atoms with E-state index in [1.165, 1.54) is 24.5 Å². The first-order valence-corrected chi connectivity index (χ1v) is 10.1. The van der Waals surface area contributed by atoms with E-state index >= 15 is 0 Å². The second-order valence-electron chi connectivity index (χ2n) is 7.85. The van der Waals surface area contributed by atoms with Crippen LogP contribution in [0.5, 0.6) is 5.75 Å². The summed E-state index contributed by atoms with van der Waals surface area (Å²) in [7, 11) is 0. The lowest BCUT2D eigenvalue weighted by Crippen LogP contribution is -2.27. The summed E-state index contributed by atoms with van der Waals surface area (Å²) in [4.78, 5) is 11.0. The Balaban J connectivity index is 1.19. The van der Waals surface area contributed by atoms with E-state index in [4.69, 9.17) is 4.74 Å². The normalized spacial score (nSPS) is 22.1. The lowest BCUT2D eigenvalue weighted by molar-refractivity contribution is 0.257. The van der Waals surface area contributed by atoms with Crippen LogP contribution in [0.15, 0.2) is 43.0 Å². The van der Waals surface area contributed by atoms with E-state index < -0.39 is 11.6 Å². The first kappa shape index (κ1) is 18.8. The summed E-state index contributed by atoms with van der Waals surface area (Å²) in [6.07, 6.45) is 7.59. The Labute approximate surface area is 173 Å². The number of hydrogen-bond acceptors (Lipinski definition) is 6. The summed E-state index contributed by atoms with van der Waals surface area (Å²) in [6, 6.07) is 4.18. The number of halogens is 2. The van der Waals surface area contributed by atoms with Crippen molar-refractivity contribution in [3.8, 4) is 16.9 Å². The van der Waals surface area contributed by atoms with Crippen molar-refractivity contribution >= 4 is 5.95 Å². The number of nitrogens with zero attached hydrogens (tertiary/aromatic N) is 5. The van der Waals surface area contributed by atoms with Crippen LogP contribution in [-0.2, 0) is 6.42 Å². The number of ether oxygens (including phenoxy) is 1. The molecule has 30 heavy (non-hydrogen) atoms. The first-order chi connectivity index (χ1) is 14.6. The zero-order valence-corrected chi connectivity index (χ0v) is 16.5. The molecule has 8 heteroatoms. The van der Waals surface area contributed by atoms with Crippen molar-refractivity contribution in [3.05, 3.63) is 60.2 Å². The van der Waals surface area contributed by atoms with E-state index in [-0.39, 0.29) is 5.75 Å². The van der Waals surface area contributed by atoms with Gasteiger partial charge in [-0.25, -0.2) is 18.7 Å². The van der Waals surface area contributed by atoms with Gasteiger partial charge in [-0.15, -0.1) is 0 Å². The molecule has 3 aromatic rings. The van der Waals surface area contributed by atoms with Gasteiger partial charge in [0, 0.05) is 37.0 Å². The van der Waals surface area contributed by atoms with Crippen LogP contribution >= 0.6 is 0 Å². The zero-order valence-electron chi connectivity index (χ0n) is 16.5. The van der Waals surface area contributed by atoms with E-state index in [1.54, 1.807) is 6.07 Å². The summed E-state index contributed by atoms with van der Waals surface area (Å²) in [5.41, 5.74) is 2.12. The molecule has 1 aromatic carbocycles. The molecule has 3 atom stereocenters. The number of aryl methyl sites for hydroxylation is 1. The molecular weight excluding hydrogens is 388 g/mol. The lowest BCUT2D eigenvalue weighted by atomic mass is 10.1. The highest BCUT2D eigenvalue weighted by molar-refractivity contribution is 5.63. The van der Waals surface area contributed by atoms with Gasteiger partial charge in [-0.3, -0.25) is 0 Å². The van der Waals surface area contributed by atoms with Crippen molar-refractivity contribution in [1.29, 1.82) is 0 Å². The van der Waals surface area contributed by atoms with Crippen LogP contribution in [0.4, 0.5) is 14.7 Å². The largest absolute Gasteiger partial charge is 0.487 e. The third-order valence-electron chi connectivity index (χ3n) is 6.09. The minimum Gasteiger partial charge on any atom is -0.487 e. The van der Waals surface area contributed by atoms with Crippen molar-refractivity contribution in [2.75, 3.05) is 24.6 Å². The van der Waals surface area contributed by atoms with Crippen molar-refractivity contribution in [2.45, 2.75) is 13.3 Å². The van der Waals surface area contributed by atoms with E-state index in [9.17, 15) is 8.78 Å². The van der Waals surface area contributed by atoms with E-state index in [2.05, 4.69) is 32.0 Å². The fourth-order valence-electron chi connectivity index (χ4n) is 4.26. The van der Waals surface area contributed by atoms with Gasteiger partial charge in [0.25, 0.3) is 0 Å². The highest BCUT2D eigenvalue weighted by atomic mass is 19.1. The summed E-state index contributed by atoms with van der Waals surface area (Å²) in [5, 5.41) is 7.42. The van der Waals surface area contributed by atoms with Gasteiger partial charge in [0.1, 0.15) is 0 Å². The Bertz CT molecular complexity index is 1010. The first-order valence-electron chi connectivity index (χ1n) is 10.1. The molecule has 0 N–H and O–H groups in total. The number of benzene rings is 1. The van der Waals surface area contributed by atoms with Crippen LogP contribution in [0.1, 0.15) is 12.5 Å². The molecule has 1 aliphatic carbocycles. The molecule has 2 aromatic heterocycles. The number of piperidine rings is 1. The molecule has 1 unspecified atom stereocenters. The van der Waals surface area contributed by atoms with Crippen LogP contribution < -0.4 is 9.64 Å². The fourth-order valence-corrected chi connectivity index (χ4v) is 4.26. The minimum atomic E-state index is -0.710. The third-order valence-corrected chi connectivity index (χ3v) is 6.09. The third kappa shape index (κ3) is 3.46. The molecule has 2 aliphatic rings. The Hall–Kier alpha value is -3.16. The highest BCUT2D eigenvalue weighted by Crippen LogP contribution is 2.52. The molecular formula is C22H21F2N5O. The Kier molecular flexibility index (Phi) is 4.77. The minimum absolute atomic E-state index is 0.305. The van der Waals surface area contributed by atoms with Crippen LogP contribution in [-0.4, -0.2) is 39.9 Å². The fraction of sp³-hybridized carbons (Fsp3) is 0.364. The molecule has 154 valence electrons. The molecule has 1 saturated carbocycles.